The van der Waals surface area contributed by atoms with Crippen molar-refractivity contribution >= 4 is 5.69 Å². The van der Waals surface area contributed by atoms with Crippen LogP contribution in [-0.2, 0) is 13.0 Å². The van der Waals surface area contributed by atoms with E-state index in [2.05, 4.69) is 31.2 Å². The first-order valence-corrected chi connectivity index (χ1v) is 6.26. The Balaban J connectivity index is 2.04. The second-order valence-electron chi connectivity index (χ2n) is 4.50. The Morgan fingerprint density at radius 1 is 1.00 bits per heavy atom. The van der Waals surface area contributed by atoms with E-state index in [9.17, 15) is 0 Å². The Morgan fingerprint density at radius 3 is 2.33 bits per heavy atom. The van der Waals surface area contributed by atoms with Crippen LogP contribution in [0.4, 0.5) is 5.69 Å². The van der Waals surface area contributed by atoms with Crippen molar-refractivity contribution in [2.75, 3.05) is 5.73 Å². The highest BCUT2D eigenvalue weighted by Crippen LogP contribution is 2.23. The van der Waals surface area contributed by atoms with E-state index in [1.807, 2.05) is 25.1 Å². The number of nitrogen functional groups attached to an aromatic ring is 1. The second kappa shape index (κ2) is 5.58. The molecule has 18 heavy (non-hydrogen) atoms. The minimum atomic E-state index is 0.553. The van der Waals surface area contributed by atoms with E-state index in [4.69, 9.17) is 10.5 Å². The molecule has 0 heterocycles. The van der Waals surface area contributed by atoms with E-state index >= 15 is 0 Å². The number of ether oxygens (including phenoxy) is 1. The third-order valence-corrected chi connectivity index (χ3v) is 2.99. The summed E-state index contributed by atoms with van der Waals surface area (Å²) < 4.78 is 5.75. The van der Waals surface area contributed by atoms with E-state index in [-0.39, 0.29) is 0 Å². The maximum atomic E-state index is 5.87. The van der Waals surface area contributed by atoms with Gasteiger partial charge < -0.3 is 10.5 Å². The van der Waals surface area contributed by atoms with Crippen LogP contribution in [0.5, 0.6) is 5.75 Å². The van der Waals surface area contributed by atoms with Crippen LogP contribution in [0.2, 0.25) is 0 Å². The molecule has 0 aliphatic rings. The number of benzene rings is 2. The van der Waals surface area contributed by atoms with Crippen molar-refractivity contribution in [3.8, 4) is 5.75 Å². The highest BCUT2D eigenvalue weighted by molar-refractivity contribution is 5.53. The van der Waals surface area contributed by atoms with Gasteiger partial charge in [0.05, 0.1) is 5.69 Å². The molecular weight excluding hydrogens is 222 g/mol. The quantitative estimate of drug-likeness (QED) is 0.828. The third-order valence-electron chi connectivity index (χ3n) is 2.99. The number of hydrogen-bond acceptors (Lipinski definition) is 2. The van der Waals surface area contributed by atoms with Gasteiger partial charge >= 0.3 is 0 Å². The van der Waals surface area contributed by atoms with Crippen LogP contribution in [0.1, 0.15) is 23.6 Å². The zero-order valence-electron chi connectivity index (χ0n) is 10.9. The zero-order valence-corrected chi connectivity index (χ0v) is 10.9. The molecule has 0 saturated heterocycles. The predicted octanol–water partition coefficient (Wildman–Crippen LogP) is 3.72. The van der Waals surface area contributed by atoms with Gasteiger partial charge in [0.2, 0.25) is 0 Å². The van der Waals surface area contributed by atoms with E-state index in [0.717, 1.165) is 23.3 Å². The molecule has 0 fully saturated rings. The van der Waals surface area contributed by atoms with E-state index in [0.29, 0.717) is 12.3 Å². The SMILES string of the molecule is CCc1ccc(COc2cc(C)ccc2N)cc1. The fourth-order valence-corrected chi connectivity index (χ4v) is 1.80. The molecule has 2 N–H and O–H groups in total. The third kappa shape index (κ3) is 3.04. The van der Waals surface area contributed by atoms with Crippen LogP contribution in [-0.4, -0.2) is 0 Å². The zero-order chi connectivity index (χ0) is 13.0. The van der Waals surface area contributed by atoms with E-state index in [1.54, 1.807) is 0 Å². The second-order valence-corrected chi connectivity index (χ2v) is 4.50. The summed E-state index contributed by atoms with van der Waals surface area (Å²) in [7, 11) is 0. The molecule has 0 radical (unpaired) electrons. The summed E-state index contributed by atoms with van der Waals surface area (Å²) in [6, 6.07) is 14.3. The summed E-state index contributed by atoms with van der Waals surface area (Å²) in [6.45, 7) is 4.74. The van der Waals surface area contributed by atoms with Gasteiger partial charge in [0, 0.05) is 0 Å². The lowest BCUT2D eigenvalue weighted by molar-refractivity contribution is 0.308. The van der Waals surface area contributed by atoms with Crippen LogP contribution in [0.3, 0.4) is 0 Å². The summed E-state index contributed by atoms with van der Waals surface area (Å²) >= 11 is 0. The topological polar surface area (TPSA) is 35.2 Å². The molecular formula is C16H19NO. The van der Waals surface area contributed by atoms with Gasteiger partial charge in [-0.2, -0.15) is 0 Å². The van der Waals surface area contributed by atoms with Gasteiger partial charge in [-0.25, -0.2) is 0 Å². The Morgan fingerprint density at radius 2 is 1.67 bits per heavy atom. The first kappa shape index (κ1) is 12.5. The lowest BCUT2D eigenvalue weighted by Gasteiger charge is -2.10. The Bertz CT molecular complexity index is 517. The summed E-state index contributed by atoms with van der Waals surface area (Å²) in [4.78, 5) is 0. The van der Waals surface area contributed by atoms with Crippen molar-refractivity contribution in [1.82, 2.24) is 0 Å². The Hall–Kier alpha value is -1.96. The highest BCUT2D eigenvalue weighted by Gasteiger charge is 2.01. The van der Waals surface area contributed by atoms with Crippen LogP contribution < -0.4 is 10.5 Å². The molecule has 0 saturated carbocycles. The Kier molecular flexibility index (Phi) is 3.88. The maximum Gasteiger partial charge on any atom is 0.142 e. The van der Waals surface area contributed by atoms with Gasteiger partial charge in [-0.3, -0.25) is 0 Å². The molecule has 0 aromatic heterocycles. The lowest BCUT2D eigenvalue weighted by Crippen LogP contribution is -1.99. The minimum Gasteiger partial charge on any atom is -0.487 e. The first-order valence-electron chi connectivity index (χ1n) is 6.26. The normalized spacial score (nSPS) is 10.3. The van der Waals surface area contributed by atoms with Gasteiger partial charge in [-0.05, 0) is 42.2 Å². The minimum absolute atomic E-state index is 0.553. The highest BCUT2D eigenvalue weighted by atomic mass is 16.5. The van der Waals surface area contributed by atoms with Gasteiger partial charge in [0.25, 0.3) is 0 Å². The number of hydrogen-bond donors (Lipinski definition) is 1. The number of rotatable bonds is 4. The van der Waals surface area contributed by atoms with Crippen molar-refractivity contribution in [1.29, 1.82) is 0 Å². The van der Waals surface area contributed by atoms with Gasteiger partial charge in [-0.15, -0.1) is 0 Å². The number of anilines is 1. The molecule has 0 atom stereocenters. The smallest absolute Gasteiger partial charge is 0.142 e. The standard InChI is InChI=1S/C16H19NO/c1-3-13-5-7-14(8-6-13)11-18-16-10-12(2)4-9-15(16)17/h4-10H,3,11,17H2,1-2H3. The summed E-state index contributed by atoms with van der Waals surface area (Å²) in [6.07, 6.45) is 1.06. The van der Waals surface area contributed by atoms with Gasteiger partial charge in [0.15, 0.2) is 0 Å². The average molecular weight is 241 g/mol. The molecule has 2 heteroatoms. The maximum absolute atomic E-state index is 5.87. The Labute approximate surface area is 108 Å². The van der Waals surface area contributed by atoms with Crippen molar-refractivity contribution in [3.63, 3.8) is 0 Å². The average Bonchev–Trinajstić information content (AvgIpc) is 2.40. The molecule has 0 unspecified atom stereocenters. The van der Waals surface area contributed by atoms with Crippen molar-refractivity contribution < 1.29 is 4.74 Å². The van der Waals surface area contributed by atoms with Crippen LogP contribution in [0.15, 0.2) is 42.5 Å². The summed E-state index contributed by atoms with van der Waals surface area (Å²) in [5.74, 6) is 0.759. The van der Waals surface area contributed by atoms with Gasteiger partial charge in [0.1, 0.15) is 12.4 Å². The number of nitrogens with two attached hydrogens (primary N) is 1. The molecule has 2 nitrogen and oxygen atoms in total. The molecule has 0 spiro atoms. The van der Waals surface area contributed by atoms with Gasteiger partial charge in [-0.1, -0.05) is 37.3 Å². The predicted molar refractivity (Wildman–Crippen MR) is 75.7 cm³/mol. The molecule has 94 valence electrons. The molecule has 0 aliphatic carbocycles. The first-order chi connectivity index (χ1) is 8.69. The fourth-order valence-electron chi connectivity index (χ4n) is 1.80. The summed E-state index contributed by atoms with van der Waals surface area (Å²) in [5, 5.41) is 0. The lowest BCUT2D eigenvalue weighted by atomic mass is 10.1. The largest absolute Gasteiger partial charge is 0.487 e. The number of aryl methyl sites for hydroxylation is 2. The van der Waals surface area contributed by atoms with Crippen LogP contribution in [0.25, 0.3) is 0 Å². The molecule has 0 bridgehead atoms. The van der Waals surface area contributed by atoms with Crippen molar-refractivity contribution in [3.05, 3.63) is 59.2 Å². The molecule has 0 amide bonds. The van der Waals surface area contributed by atoms with E-state index < -0.39 is 0 Å². The fraction of sp³-hybridized carbons (Fsp3) is 0.250. The van der Waals surface area contributed by atoms with Crippen LogP contribution >= 0.6 is 0 Å². The molecule has 2 aromatic carbocycles. The molecule has 2 rings (SSSR count). The molecule has 2 aromatic rings. The van der Waals surface area contributed by atoms with E-state index in [1.165, 1.54) is 5.56 Å². The van der Waals surface area contributed by atoms with Crippen LogP contribution in [0, 0.1) is 6.92 Å². The van der Waals surface area contributed by atoms with Crippen molar-refractivity contribution in [2.45, 2.75) is 26.9 Å². The van der Waals surface area contributed by atoms with Crippen molar-refractivity contribution in [2.24, 2.45) is 0 Å². The summed E-state index contributed by atoms with van der Waals surface area (Å²) in [5.41, 5.74) is 10.2. The molecule has 0 aliphatic heterocycles. The monoisotopic (exact) mass is 241 g/mol.